The van der Waals surface area contributed by atoms with Crippen molar-refractivity contribution in [3.05, 3.63) is 0 Å². The van der Waals surface area contributed by atoms with Crippen molar-refractivity contribution in [3.8, 4) is 0 Å². The summed E-state index contributed by atoms with van der Waals surface area (Å²) in [7, 11) is 0. The Hall–Kier alpha value is 1.68. The molecule has 0 radical (unpaired) electrons. The van der Waals surface area contributed by atoms with E-state index in [0.29, 0.717) is 0 Å². The minimum absolute atomic E-state index is 0. The fraction of sp³-hybridized carbons (Fsp3) is 1.00. The third-order valence-electron chi connectivity index (χ3n) is 0.957. The Labute approximate surface area is 165 Å². The molecular weight excluding hydrogens is 432 g/mol. The van der Waals surface area contributed by atoms with Crippen molar-refractivity contribution in [1.82, 2.24) is 0 Å². The van der Waals surface area contributed by atoms with E-state index in [2.05, 4.69) is 58.2 Å². The van der Waals surface area contributed by atoms with Gasteiger partial charge in [-0.15, -0.1) is 0 Å². The third-order valence-corrected chi connectivity index (χ3v) is 0.957. The normalized spacial score (nSPS) is 9.30. The second-order valence-electron chi connectivity index (χ2n) is 4.47. The van der Waals surface area contributed by atoms with Crippen LogP contribution >= 0.6 is 13.4 Å². The van der Waals surface area contributed by atoms with Gasteiger partial charge in [-0.05, 0) is 29.5 Å². The fourth-order valence-electron chi connectivity index (χ4n) is 0.500. The molecule has 0 aliphatic rings. The van der Waals surface area contributed by atoms with Crippen LogP contribution in [0.3, 0.4) is 0 Å². The van der Waals surface area contributed by atoms with Crippen molar-refractivity contribution >= 4 is 37.1 Å². The van der Waals surface area contributed by atoms with Crippen LogP contribution in [-0.4, -0.2) is 29.4 Å². The molecule has 0 aromatic heterocycles. The maximum Gasteiger partial charge on any atom is 0.319 e. The molecule has 0 amide bonds. The maximum absolute atomic E-state index is 7.56. The molecule has 0 aromatic rings. The predicted octanol–water partition coefficient (Wildman–Crippen LogP) is 3.65. The Morgan fingerprint density at radius 2 is 0.783 bits per heavy atom. The van der Waals surface area contributed by atoms with Crippen molar-refractivity contribution in [2.24, 2.45) is 5.92 Å². The first kappa shape index (κ1) is 39.7. The summed E-state index contributed by atoms with van der Waals surface area (Å²) in [5.41, 5.74) is 0. The first-order valence-electron chi connectivity index (χ1n) is 7.21. The van der Waals surface area contributed by atoms with Crippen molar-refractivity contribution in [3.63, 3.8) is 0 Å². The van der Waals surface area contributed by atoms with Gasteiger partial charge in [0.1, 0.15) is 0 Å². The van der Waals surface area contributed by atoms with E-state index in [9.17, 15) is 0 Å². The van der Waals surface area contributed by atoms with Crippen LogP contribution in [0.1, 0.15) is 74.1 Å². The largest absolute Gasteiger partial charge is 0.325 e. The quantitative estimate of drug-likeness (QED) is 0.211. The predicted molar refractivity (Wildman–Crippen MR) is 104 cm³/mol. The molecule has 0 saturated carbocycles. The molecule has 23 heavy (non-hydrogen) atoms. The molecule has 6 nitrogen and oxygen atoms in total. The Bertz CT molecular complexity index is 229. The zero-order valence-electron chi connectivity index (χ0n) is 15.5. The van der Waals surface area contributed by atoms with Crippen LogP contribution in [0.5, 0.6) is 0 Å². The van der Waals surface area contributed by atoms with Crippen LogP contribution in [0, 0.1) is 5.92 Å². The van der Waals surface area contributed by atoms with E-state index in [-0.39, 0.29) is 19.5 Å². The molecule has 0 spiro atoms. The second-order valence-corrected chi connectivity index (χ2v) is 9.46. The number of hydrogen-bond donors (Lipinski definition) is 6. The monoisotopic (exact) mass is 466 g/mol. The molecule has 0 unspecified atom stereocenters. The first-order chi connectivity index (χ1) is 9.65. The molecule has 11 heteroatoms. The van der Waals surface area contributed by atoms with Gasteiger partial charge >= 0.3 is 13.4 Å². The van der Waals surface area contributed by atoms with Gasteiger partial charge in [0.25, 0.3) is 0 Å². The molecular formula is C12H36O6P2S2Zn. The molecule has 0 aliphatic carbocycles. The molecule has 0 aromatic carbocycles. The second kappa shape index (κ2) is 28.5. The van der Waals surface area contributed by atoms with Crippen LogP contribution in [0.2, 0.25) is 0 Å². The van der Waals surface area contributed by atoms with Gasteiger partial charge in [-0.1, -0.05) is 74.1 Å². The molecule has 0 heterocycles. The summed E-state index contributed by atoms with van der Waals surface area (Å²) in [4.78, 5) is 45.3. The zero-order chi connectivity index (χ0) is 19.4. The Morgan fingerprint density at radius 3 is 0.826 bits per heavy atom. The summed E-state index contributed by atoms with van der Waals surface area (Å²) in [6.45, 7) is 7.35. The van der Waals surface area contributed by atoms with Crippen LogP contribution in [0.15, 0.2) is 0 Å². The summed E-state index contributed by atoms with van der Waals surface area (Å²) >= 11 is 7.21. The average molecular weight is 468 g/mol. The molecule has 0 fully saturated rings. The fourth-order valence-corrected chi connectivity index (χ4v) is 0.500. The molecule has 0 atom stereocenters. The third kappa shape index (κ3) is 508. The molecule has 6 N–H and O–H groups in total. The zero-order valence-corrected chi connectivity index (χ0v) is 21.9. The van der Waals surface area contributed by atoms with Crippen LogP contribution < -0.4 is 0 Å². The van der Waals surface area contributed by atoms with E-state index in [1.165, 1.54) is 25.7 Å². The summed E-state index contributed by atoms with van der Waals surface area (Å²) in [5, 5.41) is 0. The summed E-state index contributed by atoms with van der Waals surface area (Å²) < 4.78 is 0. The molecule has 0 saturated heterocycles. The van der Waals surface area contributed by atoms with Crippen LogP contribution in [0.4, 0.5) is 0 Å². The minimum atomic E-state index is -3.81. The van der Waals surface area contributed by atoms with Crippen LogP contribution in [-0.2, 0) is 43.1 Å². The van der Waals surface area contributed by atoms with Gasteiger partial charge in [-0.2, -0.15) is 0 Å². The summed E-state index contributed by atoms with van der Waals surface area (Å²) in [6.07, 6.45) is 5.54. The van der Waals surface area contributed by atoms with Crippen molar-refractivity contribution < 1.29 is 48.8 Å². The topological polar surface area (TPSA) is 121 Å². The van der Waals surface area contributed by atoms with Crippen LogP contribution in [0.25, 0.3) is 0 Å². The van der Waals surface area contributed by atoms with Gasteiger partial charge in [0, 0.05) is 19.5 Å². The van der Waals surface area contributed by atoms with E-state index in [1.807, 2.05) is 13.8 Å². The summed E-state index contributed by atoms with van der Waals surface area (Å²) in [6, 6.07) is 0. The number of rotatable bonds is 3. The average Bonchev–Trinajstić information content (AvgIpc) is 2.23. The van der Waals surface area contributed by atoms with E-state index >= 15 is 0 Å². The van der Waals surface area contributed by atoms with E-state index in [4.69, 9.17) is 29.4 Å². The van der Waals surface area contributed by atoms with Gasteiger partial charge in [0.2, 0.25) is 0 Å². The molecule has 144 valence electrons. The molecule has 0 rings (SSSR count). The van der Waals surface area contributed by atoms with Crippen molar-refractivity contribution in [1.29, 1.82) is 0 Å². The van der Waals surface area contributed by atoms with Crippen molar-refractivity contribution in [2.45, 2.75) is 74.1 Å². The van der Waals surface area contributed by atoms with Gasteiger partial charge in [-0.25, -0.2) is 0 Å². The first-order valence-corrected chi connectivity index (χ1v) is 12.5. The van der Waals surface area contributed by atoms with Gasteiger partial charge < -0.3 is 29.4 Å². The molecule has 0 aliphatic heterocycles. The Morgan fingerprint density at radius 1 is 0.696 bits per heavy atom. The van der Waals surface area contributed by atoms with Gasteiger partial charge in [0.05, 0.1) is 0 Å². The SMILES string of the molecule is CC.CC(C)C.CCCCCC.OP(O)(O)=S.OP(O)(O)=S.[Zn]. The standard InChI is InChI=1S/C6H14.C4H10.C2H6.2H3O3PS.Zn/c1-3-5-6-4-2;1-4(2)3;1-2;2*1-4(2,3)5;/h3-6H2,1-2H3;4H,1-3H3;1-2H3;2*(H3,1,2,3,5);. The summed E-state index contributed by atoms with van der Waals surface area (Å²) in [5.74, 6) is 0.833. The number of unbranched alkanes of at least 4 members (excludes halogenated alkanes) is 3. The van der Waals surface area contributed by atoms with Gasteiger partial charge in [-0.3, -0.25) is 0 Å². The van der Waals surface area contributed by atoms with Crippen molar-refractivity contribution in [2.75, 3.05) is 0 Å². The maximum atomic E-state index is 7.56. The smallest absolute Gasteiger partial charge is 0.319 e. The Balaban J connectivity index is -0.0000000401. The Kier molecular flexibility index (Phi) is 49.1. The number of hydrogen-bond acceptors (Lipinski definition) is 2. The van der Waals surface area contributed by atoms with E-state index in [0.717, 1.165) is 5.92 Å². The van der Waals surface area contributed by atoms with E-state index < -0.39 is 13.4 Å². The molecule has 0 bridgehead atoms. The van der Waals surface area contributed by atoms with E-state index in [1.54, 1.807) is 0 Å². The van der Waals surface area contributed by atoms with Gasteiger partial charge in [0.15, 0.2) is 0 Å². The minimum Gasteiger partial charge on any atom is -0.325 e.